The molecule has 0 bridgehead atoms. The third-order valence-corrected chi connectivity index (χ3v) is 4.85. The van der Waals surface area contributed by atoms with Crippen LogP contribution in [0, 0.1) is 24.6 Å². The molecule has 0 spiro atoms. The highest BCUT2D eigenvalue weighted by Gasteiger charge is 2.26. The molecule has 2 rings (SSSR count). The summed E-state index contributed by atoms with van der Waals surface area (Å²) < 4.78 is 13.8. The first-order valence-corrected chi connectivity index (χ1v) is 8.23. The Morgan fingerprint density at radius 2 is 1.95 bits per heavy atom. The third kappa shape index (κ3) is 4.27. The Morgan fingerprint density at radius 1 is 1.29 bits per heavy atom. The van der Waals surface area contributed by atoms with Gasteiger partial charge in [0, 0.05) is 19.1 Å². The molecule has 1 saturated heterocycles. The van der Waals surface area contributed by atoms with Crippen LogP contribution in [0.2, 0.25) is 0 Å². The second kappa shape index (κ2) is 7.37. The molecule has 0 amide bonds. The van der Waals surface area contributed by atoms with E-state index in [4.69, 9.17) is 0 Å². The lowest BCUT2D eigenvalue weighted by Crippen LogP contribution is -2.28. The van der Waals surface area contributed by atoms with Gasteiger partial charge in [-0.25, -0.2) is 4.39 Å². The molecule has 1 heterocycles. The smallest absolute Gasteiger partial charge is 0.126 e. The summed E-state index contributed by atoms with van der Waals surface area (Å²) >= 11 is 0. The molecule has 1 aromatic carbocycles. The minimum atomic E-state index is -0.0983. The zero-order valence-corrected chi connectivity index (χ0v) is 13.8. The first-order chi connectivity index (χ1) is 10.0. The van der Waals surface area contributed by atoms with Crippen molar-refractivity contribution in [1.82, 2.24) is 10.2 Å². The molecule has 1 fully saturated rings. The quantitative estimate of drug-likeness (QED) is 0.859. The van der Waals surface area contributed by atoms with Crippen molar-refractivity contribution in [3.05, 3.63) is 35.1 Å². The Morgan fingerprint density at radius 3 is 2.52 bits per heavy atom. The summed E-state index contributed by atoms with van der Waals surface area (Å²) in [6.07, 6.45) is 1.04. The van der Waals surface area contributed by atoms with E-state index in [0.29, 0.717) is 0 Å². The maximum atomic E-state index is 13.8. The van der Waals surface area contributed by atoms with Crippen LogP contribution in [0.25, 0.3) is 0 Å². The summed E-state index contributed by atoms with van der Waals surface area (Å²) in [4.78, 5) is 2.55. The van der Waals surface area contributed by atoms with Gasteiger partial charge in [-0.05, 0) is 55.5 Å². The first-order valence-electron chi connectivity index (χ1n) is 8.23. The highest BCUT2D eigenvalue weighted by Crippen LogP contribution is 2.25. The Bertz CT molecular complexity index is 451. The molecule has 1 N–H and O–H groups in total. The summed E-state index contributed by atoms with van der Waals surface area (Å²) in [6.45, 7) is 13.0. The van der Waals surface area contributed by atoms with Gasteiger partial charge >= 0.3 is 0 Å². The van der Waals surface area contributed by atoms with E-state index < -0.39 is 0 Å². The number of rotatable bonds is 6. The SMILES string of the molecule is CCNC(CCN1CC(C)C(C)C1)c1ccc(C)c(F)c1. The molecular formula is C18H29FN2. The Hall–Kier alpha value is -0.930. The normalized spacial score (nSPS) is 24.4. The fourth-order valence-corrected chi connectivity index (χ4v) is 3.20. The largest absolute Gasteiger partial charge is 0.310 e. The summed E-state index contributed by atoms with van der Waals surface area (Å²) in [5.74, 6) is 1.48. The van der Waals surface area contributed by atoms with Crippen LogP contribution in [0.3, 0.4) is 0 Å². The molecule has 1 aromatic rings. The molecule has 1 aliphatic heterocycles. The molecule has 1 aliphatic rings. The molecule has 3 heteroatoms. The standard InChI is InChI=1S/C18H29FN2/c1-5-20-18(16-7-6-13(2)17(19)10-16)8-9-21-11-14(3)15(4)12-21/h6-7,10,14-15,18,20H,5,8-9,11-12H2,1-4H3. The van der Waals surface area contributed by atoms with E-state index in [1.165, 1.54) is 13.1 Å². The van der Waals surface area contributed by atoms with E-state index in [1.807, 2.05) is 13.0 Å². The van der Waals surface area contributed by atoms with E-state index in [1.54, 1.807) is 6.07 Å². The fraction of sp³-hybridized carbons (Fsp3) is 0.667. The molecule has 2 nitrogen and oxygen atoms in total. The van der Waals surface area contributed by atoms with Gasteiger partial charge in [-0.1, -0.05) is 32.9 Å². The van der Waals surface area contributed by atoms with Crippen LogP contribution in [-0.4, -0.2) is 31.1 Å². The van der Waals surface area contributed by atoms with Crippen molar-refractivity contribution in [2.75, 3.05) is 26.2 Å². The molecule has 0 aliphatic carbocycles. The van der Waals surface area contributed by atoms with Crippen LogP contribution >= 0.6 is 0 Å². The van der Waals surface area contributed by atoms with E-state index in [-0.39, 0.29) is 11.9 Å². The molecule has 3 unspecified atom stereocenters. The van der Waals surface area contributed by atoms with Gasteiger partial charge in [-0.3, -0.25) is 0 Å². The minimum Gasteiger partial charge on any atom is -0.310 e. The fourth-order valence-electron chi connectivity index (χ4n) is 3.20. The van der Waals surface area contributed by atoms with Gasteiger partial charge in [-0.2, -0.15) is 0 Å². The van der Waals surface area contributed by atoms with Gasteiger partial charge in [0.15, 0.2) is 0 Å². The highest BCUT2D eigenvalue weighted by atomic mass is 19.1. The van der Waals surface area contributed by atoms with Crippen LogP contribution < -0.4 is 5.32 Å². The van der Waals surface area contributed by atoms with Crippen molar-refractivity contribution in [3.63, 3.8) is 0 Å². The van der Waals surface area contributed by atoms with Crippen molar-refractivity contribution < 1.29 is 4.39 Å². The third-order valence-electron chi connectivity index (χ3n) is 4.85. The van der Waals surface area contributed by atoms with E-state index in [2.05, 4.69) is 37.1 Å². The van der Waals surface area contributed by atoms with E-state index in [0.717, 1.165) is 42.5 Å². The van der Waals surface area contributed by atoms with Crippen LogP contribution in [0.4, 0.5) is 4.39 Å². The minimum absolute atomic E-state index is 0.0983. The second-order valence-corrected chi connectivity index (χ2v) is 6.62. The van der Waals surface area contributed by atoms with Gasteiger partial charge in [0.1, 0.15) is 5.82 Å². The highest BCUT2D eigenvalue weighted by molar-refractivity contribution is 5.25. The van der Waals surface area contributed by atoms with Crippen molar-refractivity contribution in [2.24, 2.45) is 11.8 Å². The molecule has 21 heavy (non-hydrogen) atoms. The average molecular weight is 292 g/mol. The molecule has 0 radical (unpaired) electrons. The number of hydrogen-bond donors (Lipinski definition) is 1. The first kappa shape index (κ1) is 16.4. The molecule has 3 atom stereocenters. The van der Waals surface area contributed by atoms with Crippen LogP contribution in [-0.2, 0) is 0 Å². The molecule has 118 valence electrons. The lowest BCUT2D eigenvalue weighted by Gasteiger charge is -2.23. The van der Waals surface area contributed by atoms with Crippen LogP contribution in [0.1, 0.15) is 44.4 Å². The zero-order chi connectivity index (χ0) is 15.4. The number of hydrogen-bond acceptors (Lipinski definition) is 2. The number of halogens is 1. The Kier molecular flexibility index (Phi) is 5.77. The molecule has 0 saturated carbocycles. The summed E-state index contributed by atoms with van der Waals surface area (Å²) in [6, 6.07) is 5.88. The van der Waals surface area contributed by atoms with Crippen molar-refractivity contribution in [2.45, 2.75) is 40.2 Å². The van der Waals surface area contributed by atoms with E-state index >= 15 is 0 Å². The predicted molar refractivity (Wildman–Crippen MR) is 86.9 cm³/mol. The number of nitrogens with one attached hydrogen (secondary N) is 1. The lowest BCUT2D eigenvalue weighted by atomic mass is 10.0. The number of nitrogens with zero attached hydrogens (tertiary/aromatic N) is 1. The van der Waals surface area contributed by atoms with Crippen LogP contribution in [0.15, 0.2) is 18.2 Å². The Balaban J connectivity index is 1.97. The van der Waals surface area contributed by atoms with E-state index in [9.17, 15) is 4.39 Å². The van der Waals surface area contributed by atoms with Crippen molar-refractivity contribution >= 4 is 0 Å². The van der Waals surface area contributed by atoms with Gasteiger partial charge < -0.3 is 10.2 Å². The summed E-state index contributed by atoms with van der Waals surface area (Å²) in [7, 11) is 0. The summed E-state index contributed by atoms with van der Waals surface area (Å²) in [5, 5.41) is 3.50. The molecule has 0 aromatic heterocycles. The number of aryl methyl sites for hydroxylation is 1. The second-order valence-electron chi connectivity index (χ2n) is 6.62. The average Bonchev–Trinajstić information content (AvgIpc) is 2.77. The number of benzene rings is 1. The monoisotopic (exact) mass is 292 g/mol. The van der Waals surface area contributed by atoms with Crippen LogP contribution in [0.5, 0.6) is 0 Å². The zero-order valence-electron chi connectivity index (χ0n) is 13.8. The van der Waals surface area contributed by atoms with Gasteiger partial charge in [0.25, 0.3) is 0 Å². The van der Waals surface area contributed by atoms with Gasteiger partial charge in [0.2, 0.25) is 0 Å². The Labute approximate surface area is 128 Å². The molecular weight excluding hydrogens is 263 g/mol. The number of likely N-dealkylation sites (tertiary alicyclic amines) is 1. The predicted octanol–water partition coefficient (Wildman–Crippen LogP) is 3.76. The van der Waals surface area contributed by atoms with Gasteiger partial charge in [-0.15, -0.1) is 0 Å². The lowest BCUT2D eigenvalue weighted by molar-refractivity contribution is 0.299. The maximum Gasteiger partial charge on any atom is 0.126 e. The topological polar surface area (TPSA) is 15.3 Å². The van der Waals surface area contributed by atoms with Gasteiger partial charge in [0.05, 0.1) is 0 Å². The van der Waals surface area contributed by atoms with Crippen molar-refractivity contribution in [3.8, 4) is 0 Å². The summed E-state index contributed by atoms with van der Waals surface area (Å²) in [5.41, 5.74) is 1.79. The van der Waals surface area contributed by atoms with Crippen molar-refractivity contribution in [1.29, 1.82) is 0 Å². The maximum absolute atomic E-state index is 13.8.